The van der Waals surface area contributed by atoms with Crippen LogP contribution in [0.2, 0.25) is 0 Å². The third kappa shape index (κ3) is 5.18. The molecule has 2 rings (SSSR count). The summed E-state index contributed by atoms with van der Waals surface area (Å²) in [5.74, 6) is 0.499. The number of rotatable bonds is 10. The Bertz CT molecular complexity index is 687. The average molecular weight is 343 g/mol. The van der Waals surface area contributed by atoms with E-state index < -0.39 is 5.97 Å². The topological polar surface area (TPSA) is 46.1 Å². The first-order valence-corrected chi connectivity index (χ1v) is 9.47. The first-order chi connectivity index (χ1) is 12.1. The number of imidazole rings is 1. The predicted octanol–water partition coefficient (Wildman–Crippen LogP) is 4.36. The molecule has 1 heterocycles. The van der Waals surface area contributed by atoms with Gasteiger partial charge in [-0.15, -0.1) is 0 Å². The van der Waals surface area contributed by atoms with Gasteiger partial charge in [0.1, 0.15) is 18.4 Å². The van der Waals surface area contributed by atoms with Crippen molar-refractivity contribution < 1.29 is 14.5 Å². The van der Waals surface area contributed by atoms with Gasteiger partial charge in [-0.25, -0.2) is 13.9 Å². The summed E-state index contributed by atoms with van der Waals surface area (Å²) in [4.78, 5) is 11.0. The van der Waals surface area contributed by atoms with Crippen LogP contribution in [0.1, 0.15) is 73.4 Å². The van der Waals surface area contributed by atoms with E-state index in [0.717, 1.165) is 25.1 Å². The molecule has 0 bridgehead atoms. The largest absolute Gasteiger partial charge is 0.478 e. The van der Waals surface area contributed by atoms with Gasteiger partial charge in [-0.05, 0) is 31.0 Å². The lowest BCUT2D eigenvalue weighted by molar-refractivity contribution is -0.695. The molecule has 0 aliphatic heterocycles. The Hall–Kier alpha value is -2.10. The van der Waals surface area contributed by atoms with Crippen LogP contribution in [-0.2, 0) is 19.5 Å². The molecular weight excluding hydrogens is 312 g/mol. The summed E-state index contributed by atoms with van der Waals surface area (Å²) in [7, 11) is 0. The lowest BCUT2D eigenvalue weighted by Gasteiger charge is -2.06. The highest BCUT2D eigenvalue weighted by Crippen LogP contribution is 2.11. The monoisotopic (exact) mass is 343 g/mol. The normalized spacial score (nSPS) is 11.0. The van der Waals surface area contributed by atoms with E-state index in [1.165, 1.54) is 43.6 Å². The second-order valence-electron chi connectivity index (χ2n) is 6.73. The van der Waals surface area contributed by atoms with Crippen LogP contribution in [0.25, 0.3) is 0 Å². The molecule has 4 nitrogen and oxygen atoms in total. The van der Waals surface area contributed by atoms with Crippen molar-refractivity contribution >= 4 is 5.97 Å². The first-order valence-electron chi connectivity index (χ1n) is 9.47. The van der Waals surface area contributed by atoms with Crippen LogP contribution < -0.4 is 4.57 Å². The molecular formula is C21H31N2O2+. The third-order valence-electron chi connectivity index (χ3n) is 4.79. The summed E-state index contributed by atoms with van der Waals surface area (Å²) in [6.45, 7) is 8.38. The van der Waals surface area contributed by atoms with Gasteiger partial charge in [0.05, 0.1) is 12.1 Å². The quantitative estimate of drug-likeness (QED) is 0.514. The maximum atomic E-state index is 11.0. The van der Waals surface area contributed by atoms with Crippen LogP contribution in [0.15, 0.2) is 30.5 Å². The molecule has 0 unspecified atom stereocenters. The number of hydrogen-bond acceptors (Lipinski definition) is 1. The van der Waals surface area contributed by atoms with Crippen LogP contribution in [0.4, 0.5) is 0 Å². The predicted molar refractivity (Wildman–Crippen MR) is 100 cm³/mol. The van der Waals surface area contributed by atoms with Crippen molar-refractivity contribution in [1.82, 2.24) is 4.57 Å². The van der Waals surface area contributed by atoms with Gasteiger partial charge in [0, 0.05) is 13.3 Å². The van der Waals surface area contributed by atoms with E-state index >= 15 is 0 Å². The standard InChI is InChI=1S/C21H30N2O2/c1-4-6-7-8-9-10-20-22(15-17(3)23(20)5-2)16-18-11-13-19(14-12-18)21(24)25/h11-15H,4-10,16H2,1-3H3/p+1. The minimum Gasteiger partial charge on any atom is -0.478 e. The number of benzene rings is 1. The molecule has 0 saturated carbocycles. The highest BCUT2D eigenvalue weighted by Gasteiger charge is 2.19. The number of unbranched alkanes of at least 4 members (excludes halogenated alkanes) is 4. The molecule has 0 aliphatic carbocycles. The summed E-state index contributed by atoms with van der Waals surface area (Å²) < 4.78 is 4.72. The smallest absolute Gasteiger partial charge is 0.335 e. The maximum Gasteiger partial charge on any atom is 0.335 e. The molecule has 2 aromatic rings. The highest BCUT2D eigenvalue weighted by molar-refractivity contribution is 5.87. The Balaban J connectivity index is 2.11. The zero-order chi connectivity index (χ0) is 18.2. The van der Waals surface area contributed by atoms with Gasteiger partial charge in [-0.3, -0.25) is 0 Å². The van der Waals surface area contributed by atoms with E-state index in [1.54, 1.807) is 12.1 Å². The van der Waals surface area contributed by atoms with E-state index in [0.29, 0.717) is 5.56 Å². The van der Waals surface area contributed by atoms with E-state index in [1.807, 2.05) is 12.1 Å². The number of hydrogen-bond donors (Lipinski definition) is 1. The average Bonchev–Trinajstić information content (AvgIpc) is 2.89. The Morgan fingerprint density at radius 1 is 1.08 bits per heavy atom. The van der Waals surface area contributed by atoms with Crippen LogP contribution >= 0.6 is 0 Å². The minimum atomic E-state index is -0.875. The summed E-state index contributed by atoms with van der Waals surface area (Å²) in [5.41, 5.74) is 2.76. The van der Waals surface area contributed by atoms with Crippen molar-refractivity contribution in [2.24, 2.45) is 0 Å². The van der Waals surface area contributed by atoms with Gasteiger partial charge in [0.25, 0.3) is 5.82 Å². The fraction of sp³-hybridized carbons (Fsp3) is 0.524. The lowest BCUT2D eigenvalue weighted by atomic mass is 10.1. The van der Waals surface area contributed by atoms with Gasteiger partial charge in [-0.2, -0.15) is 0 Å². The Kier molecular flexibility index (Phi) is 7.23. The van der Waals surface area contributed by atoms with Gasteiger partial charge < -0.3 is 5.11 Å². The first kappa shape index (κ1) is 19.2. The van der Waals surface area contributed by atoms with E-state index in [9.17, 15) is 4.79 Å². The Labute approximate surface area is 151 Å². The van der Waals surface area contributed by atoms with Crippen molar-refractivity contribution in [3.63, 3.8) is 0 Å². The second kappa shape index (κ2) is 9.40. The number of carboxylic acid groups (broad SMARTS) is 1. The zero-order valence-electron chi connectivity index (χ0n) is 15.8. The molecule has 1 aromatic heterocycles. The third-order valence-corrected chi connectivity index (χ3v) is 4.79. The van der Waals surface area contributed by atoms with Crippen molar-refractivity contribution in [3.8, 4) is 0 Å². The number of aromatic nitrogens is 2. The number of carbonyl (C=O) groups is 1. The van der Waals surface area contributed by atoms with Gasteiger partial charge in [0.2, 0.25) is 0 Å². The number of carboxylic acids is 1. The van der Waals surface area contributed by atoms with Crippen molar-refractivity contribution in [1.29, 1.82) is 0 Å². The van der Waals surface area contributed by atoms with Crippen LogP contribution in [0.3, 0.4) is 0 Å². The molecule has 0 fully saturated rings. The molecule has 0 amide bonds. The Morgan fingerprint density at radius 3 is 2.36 bits per heavy atom. The molecule has 0 radical (unpaired) electrons. The van der Waals surface area contributed by atoms with Gasteiger partial charge in [-0.1, -0.05) is 44.7 Å². The molecule has 4 heteroatoms. The number of aromatic carboxylic acids is 1. The van der Waals surface area contributed by atoms with E-state index in [2.05, 4.69) is 36.1 Å². The van der Waals surface area contributed by atoms with Crippen molar-refractivity contribution in [2.45, 2.75) is 72.4 Å². The maximum absolute atomic E-state index is 11.0. The molecule has 0 atom stereocenters. The fourth-order valence-electron chi connectivity index (χ4n) is 3.41. The molecule has 1 aromatic carbocycles. The lowest BCUT2D eigenvalue weighted by Crippen LogP contribution is -2.37. The minimum absolute atomic E-state index is 0.340. The zero-order valence-corrected chi connectivity index (χ0v) is 15.8. The summed E-state index contributed by atoms with van der Waals surface area (Å²) in [6.07, 6.45) is 9.74. The SMILES string of the molecule is CCCCCCCc1n(CC)c(C)c[n+]1Cc1ccc(C(=O)O)cc1. The van der Waals surface area contributed by atoms with Crippen LogP contribution in [0.5, 0.6) is 0 Å². The van der Waals surface area contributed by atoms with Gasteiger partial charge in [0.15, 0.2) is 0 Å². The van der Waals surface area contributed by atoms with E-state index in [-0.39, 0.29) is 0 Å². The molecule has 0 saturated heterocycles. The molecule has 0 aliphatic rings. The van der Waals surface area contributed by atoms with Gasteiger partial charge >= 0.3 is 5.97 Å². The van der Waals surface area contributed by atoms with Crippen molar-refractivity contribution in [3.05, 3.63) is 53.1 Å². The Morgan fingerprint density at radius 2 is 1.76 bits per heavy atom. The summed E-state index contributed by atoms with van der Waals surface area (Å²) >= 11 is 0. The van der Waals surface area contributed by atoms with Crippen LogP contribution in [0, 0.1) is 6.92 Å². The number of nitrogens with zero attached hydrogens (tertiary/aromatic N) is 2. The number of aryl methyl sites for hydroxylation is 1. The van der Waals surface area contributed by atoms with E-state index in [4.69, 9.17) is 5.11 Å². The summed E-state index contributed by atoms with van der Waals surface area (Å²) in [5, 5.41) is 9.03. The highest BCUT2D eigenvalue weighted by atomic mass is 16.4. The fourth-order valence-corrected chi connectivity index (χ4v) is 3.41. The second-order valence-corrected chi connectivity index (χ2v) is 6.73. The van der Waals surface area contributed by atoms with Crippen LogP contribution in [-0.4, -0.2) is 15.6 Å². The summed E-state index contributed by atoms with van der Waals surface area (Å²) in [6, 6.07) is 7.21. The molecule has 136 valence electrons. The molecule has 25 heavy (non-hydrogen) atoms. The molecule has 0 spiro atoms. The molecule has 1 N–H and O–H groups in total. The van der Waals surface area contributed by atoms with Crippen molar-refractivity contribution in [2.75, 3.05) is 0 Å².